The van der Waals surface area contributed by atoms with Gasteiger partial charge in [-0.2, -0.15) is 0 Å². The molecule has 2 amide bonds. The van der Waals surface area contributed by atoms with Gasteiger partial charge >= 0.3 is 24.1 Å². The fraction of sp³-hybridized carbons (Fsp3) is 0.857. The summed E-state index contributed by atoms with van der Waals surface area (Å²) in [5.74, 6) is -1.60. The molecule has 0 saturated heterocycles. The smallest absolute Gasteiger partial charge is 0.407 e. The number of hydrogen-bond acceptors (Lipinski definition) is 6. The van der Waals surface area contributed by atoms with Crippen LogP contribution in [-0.2, 0) is 19.1 Å². The third kappa shape index (κ3) is 14.4. The first-order valence-electron chi connectivity index (χ1n) is 13.8. The lowest BCUT2D eigenvalue weighted by Crippen LogP contribution is -2.42. The Labute approximate surface area is 227 Å². The van der Waals surface area contributed by atoms with E-state index in [1.54, 1.807) is 41.5 Å². The highest BCUT2D eigenvalue weighted by Crippen LogP contribution is 2.39. The fourth-order valence-corrected chi connectivity index (χ4v) is 5.22. The molecule has 2 aliphatic rings. The summed E-state index contributed by atoms with van der Waals surface area (Å²) in [5.41, 5.74) is -1.67. The van der Waals surface area contributed by atoms with E-state index in [4.69, 9.17) is 19.7 Å². The molecule has 10 heteroatoms. The first-order chi connectivity index (χ1) is 17.4. The number of carboxylic acids is 2. The average molecular weight is 543 g/mol. The Morgan fingerprint density at radius 3 is 1.13 bits per heavy atom. The predicted molar refractivity (Wildman–Crippen MR) is 144 cm³/mol. The third-order valence-corrected chi connectivity index (χ3v) is 6.89. The van der Waals surface area contributed by atoms with E-state index < -0.39 is 35.3 Å². The van der Waals surface area contributed by atoms with Gasteiger partial charge in [0.05, 0.1) is 12.8 Å². The fourth-order valence-electron chi connectivity index (χ4n) is 5.22. The molecule has 2 saturated carbocycles. The van der Waals surface area contributed by atoms with Crippen molar-refractivity contribution in [2.24, 2.45) is 10.8 Å². The van der Waals surface area contributed by atoms with Crippen molar-refractivity contribution in [1.29, 1.82) is 0 Å². The van der Waals surface area contributed by atoms with E-state index in [9.17, 15) is 19.2 Å². The first-order valence-corrected chi connectivity index (χ1v) is 13.8. The SMILES string of the molecule is CC(C)(C)OC(=O)NCC1(CC(=O)O)CCCCC1.CC(C)(C)OC(=O)NCC1(CC(=O)O)CCCCC1. The van der Waals surface area contributed by atoms with Crippen molar-refractivity contribution in [3.05, 3.63) is 0 Å². The number of aliphatic carboxylic acids is 2. The van der Waals surface area contributed by atoms with Crippen LogP contribution < -0.4 is 10.6 Å². The van der Waals surface area contributed by atoms with Gasteiger partial charge in [-0.1, -0.05) is 38.5 Å². The topological polar surface area (TPSA) is 151 Å². The maximum Gasteiger partial charge on any atom is 0.407 e. The lowest BCUT2D eigenvalue weighted by Gasteiger charge is -2.36. The Morgan fingerprint density at radius 1 is 0.605 bits per heavy atom. The zero-order valence-corrected chi connectivity index (χ0v) is 24.2. The summed E-state index contributed by atoms with van der Waals surface area (Å²) < 4.78 is 10.4. The Kier molecular flexibility index (Phi) is 12.9. The molecule has 0 atom stereocenters. The van der Waals surface area contributed by atoms with E-state index in [1.165, 1.54) is 0 Å². The number of amides is 2. The number of hydrogen-bond donors (Lipinski definition) is 4. The van der Waals surface area contributed by atoms with E-state index >= 15 is 0 Å². The molecule has 0 aliphatic heterocycles. The number of alkyl carbamates (subject to hydrolysis) is 2. The van der Waals surface area contributed by atoms with Gasteiger partial charge in [0.1, 0.15) is 11.2 Å². The van der Waals surface area contributed by atoms with Crippen LogP contribution in [0.5, 0.6) is 0 Å². The summed E-state index contributed by atoms with van der Waals surface area (Å²) in [5, 5.41) is 23.5. The highest BCUT2D eigenvalue weighted by Gasteiger charge is 2.36. The second kappa shape index (κ2) is 14.6. The number of ether oxygens (including phenoxy) is 2. The summed E-state index contributed by atoms with van der Waals surface area (Å²) in [6.45, 7) is 11.6. The van der Waals surface area contributed by atoms with E-state index in [2.05, 4.69) is 10.6 Å². The summed E-state index contributed by atoms with van der Waals surface area (Å²) >= 11 is 0. The Balaban J connectivity index is 0.000000380. The summed E-state index contributed by atoms with van der Waals surface area (Å²) in [4.78, 5) is 45.3. The van der Waals surface area contributed by atoms with Gasteiger partial charge in [-0.25, -0.2) is 9.59 Å². The van der Waals surface area contributed by atoms with Crippen molar-refractivity contribution < 1.29 is 38.9 Å². The van der Waals surface area contributed by atoms with Gasteiger partial charge in [-0.3, -0.25) is 9.59 Å². The minimum absolute atomic E-state index is 0.114. The van der Waals surface area contributed by atoms with Crippen LogP contribution in [0.4, 0.5) is 9.59 Å². The maximum atomic E-state index is 11.6. The van der Waals surface area contributed by atoms with Gasteiger partial charge in [-0.15, -0.1) is 0 Å². The molecule has 0 radical (unpaired) electrons. The molecule has 2 fully saturated rings. The lowest BCUT2D eigenvalue weighted by atomic mass is 9.72. The van der Waals surface area contributed by atoms with Crippen LogP contribution >= 0.6 is 0 Å². The zero-order chi connectivity index (χ0) is 29.0. The molecule has 0 unspecified atom stereocenters. The largest absolute Gasteiger partial charge is 0.481 e. The first kappa shape index (κ1) is 33.5. The van der Waals surface area contributed by atoms with E-state index in [0.29, 0.717) is 13.1 Å². The minimum Gasteiger partial charge on any atom is -0.481 e. The molecule has 4 N–H and O–H groups in total. The molecule has 0 heterocycles. The van der Waals surface area contributed by atoms with Crippen molar-refractivity contribution in [1.82, 2.24) is 10.6 Å². The van der Waals surface area contributed by atoms with Crippen molar-refractivity contribution in [3.8, 4) is 0 Å². The molecule has 2 rings (SSSR count). The van der Waals surface area contributed by atoms with Crippen LogP contribution in [0.2, 0.25) is 0 Å². The number of rotatable bonds is 8. The highest BCUT2D eigenvalue weighted by atomic mass is 16.6. The van der Waals surface area contributed by atoms with Crippen LogP contribution in [0.25, 0.3) is 0 Å². The second-order valence-corrected chi connectivity index (χ2v) is 13.0. The van der Waals surface area contributed by atoms with Gasteiger partial charge in [0, 0.05) is 13.1 Å². The molecule has 0 bridgehead atoms. The number of carbonyl (C=O) groups is 4. The Bertz CT molecular complexity index is 720. The normalized spacial score (nSPS) is 18.7. The van der Waals surface area contributed by atoms with Gasteiger partial charge in [-0.05, 0) is 78.1 Å². The standard InChI is InChI=1S/2C14H25NO4/c2*1-13(2,3)19-12(18)15-10-14(9-11(16)17)7-5-4-6-8-14/h2*4-10H2,1-3H3,(H,15,18)(H,16,17). The minimum atomic E-state index is -0.798. The van der Waals surface area contributed by atoms with Crippen molar-refractivity contribution in [2.75, 3.05) is 13.1 Å². The van der Waals surface area contributed by atoms with Gasteiger partial charge in [0.15, 0.2) is 0 Å². The van der Waals surface area contributed by atoms with E-state index in [0.717, 1.165) is 64.2 Å². The second-order valence-electron chi connectivity index (χ2n) is 13.0. The molecular formula is C28H50N2O8. The average Bonchev–Trinajstić information content (AvgIpc) is 2.75. The third-order valence-electron chi connectivity index (χ3n) is 6.89. The maximum absolute atomic E-state index is 11.6. The summed E-state index contributed by atoms with van der Waals surface area (Å²) in [7, 11) is 0. The van der Waals surface area contributed by atoms with Gasteiger partial charge < -0.3 is 30.3 Å². The Morgan fingerprint density at radius 2 is 0.895 bits per heavy atom. The van der Waals surface area contributed by atoms with Gasteiger partial charge in [0.25, 0.3) is 0 Å². The molecule has 38 heavy (non-hydrogen) atoms. The summed E-state index contributed by atoms with van der Waals surface area (Å²) in [6, 6.07) is 0. The van der Waals surface area contributed by atoms with Crippen molar-refractivity contribution in [2.45, 2.75) is 130 Å². The number of nitrogens with one attached hydrogen (secondary N) is 2. The van der Waals surface area contributed by atoms with Crippen molar-refractivity contribution >= 4 is 24.1 Å². The molecule has 10 nitrogen and oxygen atoms in total. The van der Waals surface area contributed by atoms with E-state index in [-0.39, 0.29) is 23.7 Å². The van der Waals surface area contributed by atoms with E-state index in [1.807, 2.05) is 0 Å². The lowest BCUT2D eigenvalue weighted by molar-refractivity contribution is -0.141. The molecule has 2 aliphatic carbocycles. The van der Waals surface area contributed by atoms with Gasteiger partial charge in [0.2, 0.25) is 0 Å². The highest BCUT2D eigenvalue weighted by molar-refractivity contribution is 5.70. The molecular weight excluding hydrogens is 492 g/mol. The van der Waals surface area contributed by atoms with Crippen LogP contribution in [0.3, 0.4) is 0 Å². The molecule has 220 valence electrons. The summed E-state index contributed by atoms with van der Waals surface area (Å²) in [6.07, 6.45) is 9.13. The molecule has 0 spiro atoms. The zero-order valence-electron chi connectivity index (χ0n) is 24.2. The monoisotopic (exact) mass is 542 g/mol. The number of carbonyl (C=O) groups excluding carboxylic acids is 2. The molecule has 0 aromatic carbocycles. The van der Waals surface area contributed by atoms with Crippen LogP contribution in [0, 0.1) is 10.8 Å². The Hall–Kier alpha value is -2.52. The van der Waals surface area contributed by atoms with Crippen LogP contribution in [0.1, 0.15) is 119 Å². The number of carboxylic acid groups (broad SMARTS) is 2. The molecule has 0 aromatic rings. The van der Waals surface area contributed by atoms with Crippen molar-refractivity contribution in [3.63, 3.8) is 0 Å². The van der Waals surface area contributed by atoms with Crippen LogP contribution in [0.15, 0.2) is 0 Å². The predicted octanol–water partition coefficient (Wildman–Crippen LogP) is 5.87. The van der Waals surface area contributed by atoms with Crippen LogP contribution in [-0.4, -0.2) is 58.6 Å². The molecule has 0 aromatic heterocycles. The quantitative estimate of drug-likeness (QED) is 0.297.